The van der Waals surface area contributed by atoms with Crippen LogP contribution in [0, 0.1) is 16.7 Å². The first kappa shape index (κ1) is 22.7. The number of benzene rings is 1. The van der Waals surface area contributed by atoms with Gasteiger partial charge in [0.1, 0.15) is 11.5 Å². The molecule has 2 atom stereocenters. The lowest BCUT2D eigenvalue weighted by molar-refractivity contribution is -0.128. The van der Waals surface area contributed by atoms with E-state index in [9.17, 15) is 21.6 Å². The summed E-state index contributed by atoms with van der Waals surface area (Å²) in [7, 11) is -5.89. The highest BCUT2D eigenvalue weighted by Crippen LogP contribution is 2.64. The molecular weight excluding hydrogens is 440 g/mol. The summed E-state index contributed by atoms with van der Waals surface area (Å²) >= 11 is 0. The fourth-order valence-corrected chi connectivity index (χ4v) is 9.22. The number of ether oxygens (including phenoxy) is 1. The van der Waals surface area contributed by atoms with Gasteiger partial charge in [-0.1, -0.05) is 13.8 Å². The van der Waals surface area contributed by atoms with E-state index in [2.05, 4.69) is 0 Å². The Morgan fingerprint density at radius 2 is 1.58 bits per heavy atom. The number of Topliss-reactive ketones (excluding diaryl/α,β-unsaturated/α-hetero) is 1. The third-order valence-electron chi connectivity index (χ3n) is 7.86. The Morgan fingerprint density at radius 3 is 2.06 bits per heavy atom. The van der Waals surface area contributed by atoms with Crippen molar-refractivity contribution in [3.8, 4) is 5.75 Å². The molecule has 172 valence electrons. The molecule has 1 aromatic rings. The van der Waals surface area contributed by atoms with Gasteiger partial charge >= 0.3 is 0 Å². The predicted octanol–water partition coefficient (Wildman–Crippen LogP) is 1.73. The third-order valence-corrected chi connectivity index (χ3v) is 11.8. The fraction of sp³-hybridized carbons (Fsp3) is 0.667. The van der Waals surface area contributed by atoms with Crippen molar-refractivity contribution in [2.45, 2.75) is 38.0 Å². The molecule has 1 aliphatic heterocycles. The number of carbonyl (C=O) groups is 1. The van der Waals surface area contributed by atoms with Crippen molar-refractivity contribution in [1.82, 2.24) is 8.61 Å². The van der Waals surface area contributed by atoms with Crippen LogP contribution in [0.2, 0.25) is 0 Å². The Labute approximate surface area is 184 Å². The highest BCUT2D eigenvalue weighted by atomic mass is 32.2. The van der Waals surface area contributed by atoms with Crippen LogP contribution >= 0.6 is 0 Å². The van der Waals surface area contributed by atoms with Gasteiger partial charge in [-0.05, 0) is 48.4 Å². The highest BCUT2D eigenvalue weighted by Gasteiger charge is 2.65. The molecule has 2 saturated carbocycles. The van der Waals surface area contributed by atoms with Crippen molar-refractivity contribution in [2.24, 2.45) is 16.7 Å². The van der Waals surface area contributed by atoms with Crippen LogP contribution in [0.15, 0.2) is 29.2 Å². The maximum atomic E-state index is 13.2. The van der Waals surface area contributed by atoms with Crippen molar-refractivity contribution < 1.29 is 26.4 Å². The van der Waals surface area contributed by atoms with Crippen molar-refractivity contribution in [1.29, 1.82) is 0 Å². The van der Waals surface area contributed by atoms with Gasteiger partial charge in [0.15, 0.2) is 0 Å². The summed E-state index contributed by atoms with van der Waals surface area (Å²) in [6.45, 7) is 4.38. The molecule has 0 amide bonds. The molecule has 1 saturated heterocycles. The molecule has 1 heterocycles. The fourth-order valence-electron chi connectivity index (χ4n) is 5.60. The number of carbonyl (C=O) groups excluding carboxylic acids is 1. The predicted molar refractivity (Wildman–Crippen MR) is 116 cm³/mol. The number of ketones is 1. The minimum atomic E-state index is -3.71. The van der Waals surface area contributed by atoms with Gasteiger partial charge in [-0.25, -0.2) is 16.8 Å². The topological polar surface area (TPSA) is 101 Å². The molecule has 8 nitrogen and oxygen atoms in total. The zero-order chi connectivity index (χ0) is 22.7. The normalized spacial score (nSPS) is 29.4. The molecule has 0 aromatic heterocycles. The number of methoxy groups -OCH3 is 1. The Kier molecular flexibility index (Phi) is 5.52. The number of hydrogen-bond acceptors (Lipinski definition) is 6. The van der Waals surface area contributed by atoms with Gasteiger partial charge in [0.05, 0.1) is 17.8 Å². The molecule has 0 spiro atoms. The number of hydrogen-bond donors (Lipinski definition) is 0. The zero-order valence-corrected chi connectivity index (χ0v) is 19.8. The molecule has 0 N–H and O–H groups in total. The molecule has 2 bridgehead atoms. The van der Waals surface area contributed by atoms with Gasteiger partial charge in [-0.2, -0.15) is 8.61 Å². The first-order valence-corrected chi connectivity index (χ1v) is 13.6. The molecule has 1 aromatic carbocycles. The van der Waals surface area contributed by atoms with Crippen molar-refractivity contribution in [2.75, 3.05) is 39.0 Å². The molecule has 2 aliphatic carbocycles. The molecular formula is C21H30N2O6S2. The standard InChI is InChI=1S/C21H30N2O6S2/c1-20(2)16-8-9-21(20,19(24)14-16)15-30(25,26)22-10-12-23(13-11-22)31(27,28)18-6-4-17(29-3)5-7-18/h4-7,16H,8-15H2,1-3H3. The SMILES string of the molecule is COc1ccc(S(=O)(=O)N2CCN(S(=O)(=O)CC34CCC(CC3=O)C4(C)C)CC2)cc1. The van der Waals surface area contributed by atoms with Gasteiger partial charge < -0.3 is 4.74 Å². The zero-order valence-electron chi connectivity index (χ0n) is 18.2. The average Bonchev–Trinajstić information content (AvgIpc) is 3.08. The molecule has 0 radical (unpaired) electrons. The lowest BCUT2D eigenvalue weighted by Crippen LogP contribution is -2.53. The van der Waals surface area contributed by atoms with E-state index < -0.39 is 25.5 Å². The molecule has 10 heteroatoms. The van der Waals surface area contributed by atoms with Crippen molar-refractivity contribution in [3.05, 3.63) is 24.3 Å². The number of sulfonamides is 2. The van der Waals surface area contributed by atoms with Crippen LogP contribution in [0.25, 0.3) is 0 Å². The van der Waals surface area contributed by atoms with Gasteiger partial charge in [0.2, 0.25) is 20.0 Å². The van der Waals surface area contributed by atoms with Crippen LogP contribution in [-0.2, 0) is 24.8 Å². The molecule has 2 unspecified atom stereocenters. The molecule has 3 fully saturated rings. The number of piperazine rings is 1. The van der Waals surface area contributed by atoms with E-state index in [1.54, 1.807) is 12.1 Å². The summed E-state index contributed by atoms with van der Waals surface area (Å²) in [5, 5.41) is 0. The highest BCUT2D eigenvalue weighted by molar-refractivity contribution is 7.89. The van der Waals surface area contributed by atoms with Gasteiger partial charge in [-0.15, -0.1) is 0 Å². The smallest absolute Gasteiger partial charge is 0.243 e. The van der Waals surface area contributed by atoms with Crippen molar-refractivity contribution >= 4 is 25.8 Å². The Bertz CT molecular complexity index is 1070. The van der Waals surface area contributed by atoms with E-state index >= 15 is 0 Å². The summed E-state index contributed by atoms with van der Waals surface area (Å²) < 4.78 is 60.1. The van der Waals surface area contributed by atoms with Crippen molar-refractivity contribution in [3.63, 3.8) is 0 Å². The maximum Gasteiger partial charge on any atom is 0.243 e. The van der Waals surface area contributed by atoms with Gasteiger partial charge in [0.25, 0.3) is 0 Å². The number of nitrogens with zero attached hydrogens (tertiary/aromatic N) is 2. The van der Waals surface area contributed by atoms with E-state index in [4.69, 9.17) is 4.74 Å². The number of rotatable bonds is 6. The maximum absolute atomic E-state index is 13.2. The average molecular weight is 471 g/mol. The second-order valence-corrected chi connectivity index (χ2v) is 13.3. The van der Waals surface area contributed by atoms with E-state index in [0.717, 1.165) is 6.42 Å². The van der Waals surface area contributed by atoms with Crippen LogP contribution in [0.5, 0.6) is 5.75 Å². The second kappa shape index (κ2) is 7.54. The van der Waals surface area contributed by atoms with Crippen LogP contribution < -0.4 is 4.74 Å². The Morgan fingerprint density at radius 1 is 1.00 bits per heavy atom. The van der Waals surface area contributed by atoms with Crippen LogP contribution in [-0.4, -0.2) is 70.3 Å². The largest absolute Gasteiger partial charge is 0.497 e. The summed E-state index contributed by atoms with van der Waals surface area (Å²) in [6, 6.07) is 6.14. The Hall–Kier alpha value is -1.49. The van der Waals surface area contributed by atoms with E-state index in [1.165, 1.54) is 27.9 Å². The van der Waals surface area contributed by atoms with Gasteiger partial charge in [0, 0.05) is 38.0 Å². The lowest BCUT2D eigenvalue weighted by atomic mass is 9.70. The first-order chi connectivity index (χ1) is 14.4. The van der Waals surface area contributed by atoms with E-state index in [1.807, 2.05) is 13.8 Å². The summed E-state index contributed by atoms with van der Waals surface area (Å²) in [6.07, 6.45) is 1.98. The molecule has 4 rings (SSSR count). The lowest BCUT2D eigenvalue weighted by Gasteiger charge is -2.39. The first-order valence-electron chi connectivity index (χ1n) is 10.6. The third kappa shape index (κ3) is 3.51. The van der Waals surface area contributed by atoms with E-state index in [0.29, 0.717) is 18.6 Å². The van der Waals surface area contributed by atoms with Crippen LogP contribution in [0.4, 0.5) is 0 Å². The summed E-state index contributed by atoms with van der Waals surface area (Å²) in [5.74, 6) is 0.709. The van der Waals surface area contributed by atoms with Crippen LogP contribution in [0.3, 0.4) is 0 Å². The summed E-state index contributed by atoms with van der Waals surface area (Å²) in [5.41, 5.74) is -1.14. The second-order valence-electron chi connectivity index (χ2n) is 9.40. The van der Waals surface area contributed by atoms with Crippen LogP contribution in [0.1, 0.15) is 33.1 Å². The molecule has 31 heavy (non-hydrogen) atoms. The summed E-state index contributed by atoms with van der Waals surface area (Å²) in [4.78, 5) is 12.9. The van der Waals surface area contributed by atoms with Gasteiger partial charge in [-0.3, -0.25) is 4.79 Å². The quantitative estimate of drug-likeness (QED) is 0.628. The minimum absolute atomic E-state index is 0.0676. The minimum Gasteiger partial charge on any atom is -0.497 e. The van der Waals surface area contributed by atoms with E-state index in [-0.39, 0.29) is 53.9 Å². The Balaban J connectivity index is 1.46. The molecule has 3 aliphatic rings. The number of fused-ring (bicyclic) bond motifs is 2. The monoisotopic (exact) mass is 470 g/mol.